The van der Waals surface area contributed by atoms with Gasteiger partial charge in [0.05, 0.1) is 13.2 Å². The van der Waals surface area contributed by atoms with Crippen LogP contribution in [0.4, 0.5) is 21.9 Å². The van der Waals surface area contributed by atoms with Gasteiger partial charge in [0.25, 0.3) is 5.91 Å². The van der Waals surface area contributed by atoms with Crippen LogP contribution in [0.15, 0.2) is 42.5 Å². The van der Waals surface area contributed by atoms with Gasteiger partial charge in [-0.3, -0.25) is 4.79 Å². The number of hydrogen-bond acceptors (Lipinski definition) is 6. The van der Waals surface area contributed by atoms with Gasteiger partial charge in [0.15, 0.2) is 0 Å². The summed E-state index contributed by atoms with van der Waals surface area (Å²) in [4.78, 5) is 31.7. The number of carbonyl (C=O) groups is 2. The molecule has 2 aliphatic heterocycles. The first-order valence-electron chi connectivity index (χ1n) is 12.3. The van der Waals surface area contributed by atoms with Crippen LogP contribution in [0.1, 0.15) is 36.7 Å². The van der Waals surface area contributed by atoms with Crippen molar-refractivity contribution in [2.45, 2.75) is 33.3 Å². The molecule has 2 fully saturated rings. The third-order valence-electron chi connectivity index (χ3n) is 6.26. The van der Waals surface area contributed by atoms with E-state index in [9.17, 15) is 9.59 Å². The van der Waals surface area contributed by atoms with E-state index in [2.05, 4.69) is 15.1 Å². The molecule has 2 aromatic rings. The summed E-state index contributed by atoms with van der Waals surface area (Å²) in [5, 5.41) is 3.03. The summed E-state index contributed by atoms with van der Waals surface area (Å²) in [5.74, 6) is -0.129. The molecule has 2 aliphatic rings. The van der Waals surface area contributed by atoms with Gasteiger partial charge >= 0.3 is 6.09 Å². The molecule has 2 saturated heterocycles. The summed E-state index contributed by atoms with van der Waals surface area (Å²) in [5.41, 5.74) is 3.94. The molecule has 4 rings (SSSR count). The van der Waals surface area contributed by atoms with E-state index in [-0.39, 0.29) is 12.0 Å². The van der Waals surface area contributed by atoms with Crippen molar-refractivity contribution >= 4 is 29.1 Å². The number of benzene rings is 2. The minimum atomic E-state index is -0.504. The first kappa shape index (κ1) is 24.9. The molecule has 1 N–H and O–H groups in total. The maximum absolute atomic E-state index is 13.1. The Kier molecular flexibility index (Phi) is 7.50. The summed E-state index contributed by atoms with van der Waals surface area (Å²) in [6.07, 6.45) is -0.277. The molecular formula is C27H36N4O4. The Morgan fingerprint density at radius 1 is 0.857 bits per heavy atom. The highest BCUT2D eigenvalue weighted by Crippen LogP contribution is 2.24. The average Bonchev–Trinajstić information content (AvgIpc) is 2.84. The molecule has 0 saturated carbocycles. The molecule has 8 nitrogen and oxygen atoms in total. The molecule has 2 heterocycles. The van der Waals surface area contributed by atoms with Gasteiger partial charge in [-0.25, -0.2) is 4.79 Å². The third-order valence-corrected chi connectivity index (χ3v) is 6.26. The van der Waals surface area contributed by atoms with Crippen LogP contribution in [0.2, 0.25) is 0 Å². The van der Waals surface area contributed by atoms with Gasteiger partial charge in [0.2, 0.25) is 0 Å². The van der Waals surface area contributed by atoms with Crippen molar-refractivity contribution in [1.82, 2.24) is 4.90 Å². The van der Waals surface area contributed by atoms with Gasteiger partial charge in [0, 0.05) is 61.9 Å². The van der Waals surface area contributed by atoms with Gasteiger partial charge < -0.3 is 29.5 Å². The van der Waals surface area contributed by atoms with E-state index in [4.69, 9.17) is 9.47 Å². The molecule has 188 valence electrons. The molecule has 0 atom stereocenters. The SMILES string of the molecule is Cc1ccc(N2CCN(C(=O)OC(C)(C)C)CC2)cc1C(=O)Nc1ccc(N2CCOCC2)cc1. The Labute approximate surface area is 207 Å². The minimum Gasteiger partial charge on any atom is -0.444 e. The number of aryl methyl sites for hydroxylation is 1. The van der Waals surface area contributed by atoms with Crippen LogP contribution < -0.4 is 15.1 Å². The van der Waals surface area contributed by atoms with Gasteiger partial charge in [0.1, 0.15) is 5.60 Å². The van der Waals surface area contributed by atoms with Gasteiger partial charge in [-0.1, -0.05) is 6.07 Å². The molecule has 35 heavy (non-hydrogen) atoms. The fourth-order valence-electron chi connectivity index (χ4n) is 4.30. The Hall–Kier alpha value is -3.26. The van der Waals surface area contributed by atoms with Crippen molar-refractivity contribution in [3.05, 3.63) is 53.6 Å². The fraction of sp³-hybridized carbons (Fsp3) is 0.481. The topological polar surface area (TPSA) is 74.4 Å². The normalized spacial score (nSPS) is 16.7. The standard InChI is InChI=1S/C27H36N4O4/c1-20-5-8-23(29-11-13-31(14-12-29)26(33)35-27(2,3)4)19-24(20)25(32)28-21-6-9-22(10-7-21)30-15-17-34-18-16-30/h5-10,19H,11-18H2,1-4H3,(H,28,32). The van der Waals surface area contributed by atoms with Crippen molar-refractivity contribution in [3.8, 4) is 0 Å². The highest BCUT2D eigenvalue weighted by molar-refractivity contribution is 6.06. The van der Waals surface area contributed by atoms with Crippen LogP contribution >= 0.6 is 0 Å². The number of hydrogen-bond donors (Lipinski definition) is 1. The zero-order valence-corrected chi connectivity index (χ0v) is 21.2. The van der Waals surface area contributed by atoms with Crippen LogP contribution in [0, 0.1) is 6.92 Å². The van der Waals surface area contributed by atoms with E-state index < -0.39 is 5.60 Å². The smallest absolute Gasteiger partial charge is 0.410 e. The van der Waals surface area contributed by atoms with E-state index in [1.54, 1.807) is 4.90 Å². The molecule has 0 spiro atoms. The molecule has 0 radical (unpaired) electrons. The van der Waals surface area contributed by atoms with Crippen molar-refractivity contribution in [2.24, 2.45) is 0 Å². The van der Waals surface area contributed by atoms with E-state index >= 15 is 0 Å². The molecule has 2 aromatic carbocycles. The van der Waals surface area contributed by atoms with E-state index in [1.165, 1.54) is 0 Å². The van der Waals surface area contributed by atoms with Gasteiger partial charge in [-0.05, 0) is 69.7 Å². The summed E-state index contributed by atoms with van der Waals surface area (Å²) in [6, 6.07) is 13.9. The summed E-state index contributed by atoms with van der Waals surface area (Å²) in [6.45, 7) is 13.3. The Morgan fingerprint density at radius 2 is 1.46 bits per heavy atom. The van der Waals surface area contributed by atoms with E-state index in [0.717, 1.165) is 48.9 Å². The maximum atomic E-state index is 13.1. The number of rotatable bonds is 4. The number of anilines is 3. The Balaban J connectivity index is 1.37. The highest BCUT2D eigenvalue weighted by atomic mass is 16.6. The van der Waals surface area contributed by atoms with E-state index in [1.807, 2.05) is 70.2 Å². The number of carbonyl (C=O) groups excluding carboxylic acids is 2. The first-order chi connectivity index (χ1) is 16.7. The van der Waals surface area contributed by atoms with Crippen LogP contribution in [-0.4, -0.2) is 75.0 Å². The number of piperazine rings is 1. The van der Waals surface area contributed by atoms with Gasteiger partial charge in [-0.15, -0.1) is 0 Å². The second-order valence-corrected chi connectivity index (χ2v) is 10.1. The van der Waals surface area contributed by atoms with Crippen LogP contribution in [0.3, 0.4) is 0 Å². The number of nitrogens with zero attached hydrogens (tertiary/aromatic N) is 3. The molecule has 0 unspecified atom stereocenters. The van der Waals surface area contributed by atoms with Gasteiger partial charge in [-0.2, -0.15) is 0 Å². The Morgan fingerprint density at radius 3 is 2.09 bits per heavy atom. The van der Waals surface area contributed by atoms with Crippen molar-refractivity contribution in [1.29, 1.82) is 0 Å². The summed E-state index contributed by atoms with van der Waals surface area (Å²) in [7, 11) is 0. The molecule has 8 heteroatoms. The average molecular weight is 481 g/mol. The monoisotopic (exact) mass is 480 g/mol. The second-order valence-electron chi connectivity index (χ2n) is 10.1. The molecule has 2 amide bonds. The lowest BCUT2D eigenvalue weighted by Crippen LogP contribution is -2.50. The lowest BCUT2D eigenvalue weighted by molar-refractivity contribution is 0.0240. The number of morpholine rings is 1. The number of amides is 2. The Bertz CT molecular complexity index is 1030. The lowest BCUT2D eigenvalue weighted by atomic mass is 10.1. The van der Waals surface area contributed by atoms with E-state index in [0.29, 0.717) is 31.7 Å². The van der Waals surface area contributed by atoms with Crippen molar-refractivity contribution in [2.75, 3.05) is 67.6 Å². The fourth-order valence-corrected chi connectivity index (χ4v) is 4.30. The van der Waals surface area contributed by atoms with Crippen molar-refractivity contribution in [3.63, 3.8) is 0 Å². The quantitative estimate of drug-likeness (QED) is 0.709. The predicted octanol–water partition coefficient (Wildman–Crippen LogP) is 4.14. The number of ether oxygens (including phenoxy) is 2. The minimum absolute atomic E-state index is 0.129. The molecule has 0 bridgehead atoms. The number of nitrogens with one attached hydrogen (secondary N) is 1. The molecule has 0 aromatic heterocycles. The zero-order chi connectivity index (χ0) is 25.0. The van der Waals surface area contributed by atoms with Crippen LogP contribution in [0.5, 0.6) is 0 Å². The highest BCUT2D eigenvalue weighted by Gasteiger charge is 2.26. The second kappa shape index (κ2) is 10.6. The van der Waals surface area contributed by atoms with Crippen molar-refractivity contribution < 1.29 is 19.1 Å². The van der Waals surface area contributed by atoms with Crippen LogP contribution in [-0.2, 0) is 9.47 Å². The first-order valence-corrected chi connectivity index (χ1v) is 12.3. The third kappa shape index (κ3) is 6.45. The summed E-state index contributed by atoms with van der Waals surface area (Å²) >= 11 is 0. The maximum Gasteiger partial charge on any atom is 0.410 e. The predicted molar refractivity (Wildman–Crippen MR) is 139 cm³/mol. The largest absolute Gasteiger partial charge is 0.444 e. The lowest BCUT2D eigenvalue weighted by Gasteiger charge is -2.37. The summed E-state index contributed by atoms with van der Waals surface area (Å²) < 4.78 is 10.9. The van der Waals surface area contributed by atoms with Crippen LogP contribution in [0.25, 0.3) is 0 Å². The zero-order valence-electron chi connectivity index (χ0n) is 21.2. The molecular weight excluding hydrogens is 444 g/mol. The molecule has 0 aliphatic carbocycles.